The molecule has 140 valence electrons. The number of hydrogen-bond acceptors (Lipinski definition) is 5. The first kappa shape index (κ1) is 18.5. The number of carbonyl (C=O) groups excluding carboxylic acids is 3. The molecule has 1 atom stereocenters. The van der Waals surface area contributed by atoms with Crippen molar-refractivity contribution >= 4 is 23.7 Å². The van der Waals surface area contributed by atoms with Crippen molar-refractivity contribution in [1.82, 2.24) is 9.88 Å². The molecular weight excluding hydrogens is 353 g/mol. The highest BCUT2D eigenvalue weighted by molar-refractivity contribution is 6.04. The summed E-state index contributed by atoms with van der Waals surface area (Å²) < 4.78 is 18.5. The van der Waals surface area contributed by atoms with Gasteiger partial charge < -0.3 is 10.1 Å². The van der Waals surface area contributed by atoms with Crippen LogP contribution < -0.4 is 5.32 Å². The molecule has 1 saturated heterocycles. The molecule has 0 aliphatic carbocycles. The van der Waals surface area contributed by atoms with Gasteiger partial charge in [0, 0.05) is 6.42 Å². The molecule has 3 rings (SSSR count). The standard InChI is InChI=1S/C19H18FN3O4/c1-12-14(20)7-9-16(21-12)22-18(25)15-8-10-17(24)23(15)19(26)27-11-13-5-3-2-4-6-13/h2-7,9,15H,8,10-11H2,1H3,(H,21,22,25)/t15-/m0/s1. The van der Waals surface area contributed by atoms with Crippen molar-refractivity contribution < 1.29 is 23.5 Å². The van der Waals surface area contributed by atoms with Gasteiger partial charge in [-0.25, -0.2) is 19.1 Å². The predicted octanol–water partition coefficient (Wildman–Crippen LogP) is 2.80. The van der Waals surface area contributed by atoms with Crippen LogP contribution >= 0.6 is 0 Å². The molecule has 0 unspecified atom stereocenters. The smallest absolute Gasteiger partial charge is 0.417 e. The van der Waals surface area contributed by atoms with Crippen LogP contribution in [0.2, 0.25) is 0 Å². The SMILES string of the molecule is Cc1nc(NC(=O)[C@@H]2CCC(=O)N2C(=O)OCc2ccccc2)ccc1F. The van der Waals surface area contributed by atoms with Gasteiger partial charge >= 0.3 is 6.09 Å². The van der Waals surface area contributed by atoms with E-state index < -0.39 is 29.8 Å². The van der Waals surface area contributed by atoms with Gasteiger partial charge in [0.15, 0.2) is 0 Å². The number of hydrogen-bond donors (Lipinski definition) is 1. The first-order valence-corrected chi connectivity index (χ1v) is 8.42. The first-order valence-electron chi connectivity index (χ1n) is 8.42. The number of aryl methyl sites for hydroxylation is 1. The first-order chi connectivity index (χ1) is 13.0. The zero-order valence-electron chi connectivity index (χ0n) is 14.6. The number of ether oxygens (including phenoxy) is 1. The van der Waals surface area contributed by atoms with E-state index in [2.05, 4.69) is 10.3 Å². The topological polar surface area (TPSA) is 88.6 Å². The van der Waals surface area contributed by atoms with Crippen molar-refractivity contribution in [2.45, 2.75) is 32.4 Å². The van der Waals surface area contributed by atoms with E-state index in [0.717, 1.165) is 10.5 Å². The highest BCUT2D eigenvalue weighted by atomic mass is 19.1. The van der Waals surface area contributed by atoms with Crippen molar-refractivity contribution in [1.29, 1.82) is 0 Å². The molecule has 2 aromatic rings. The Morgan fingerprint density at radius 1 is 1.26 bits per heavy atom. The van der Waals surface area contributed by atoms with Crippen LogP contribution in [0.25, 0.3) is 0 Å². The lowest BCUT2D eigenvalue weighted by Gasteiger charge is -2.21. The second-order valence-corrected chi connectivity index (χ2v) is 6.11. The Labute approximate surface area is 155 Å². The fourth-order valence-electron chi connectivity index (χ4n) is 2.77. The Morgan fingerprint density at radius 2 is 2.00 bits per heavy atom. The highest BCUT2D eigenvalue weighted by Crippen LogP contribution is 2.22. The number of benzene rings is 1. The maximum Gasteiger partial charge on any atom is 0.417 e. The summed E-state index contributed by atoms with van der Waals surface area (Å²) >= 11 is 0. The lowest BCUT2D eigenvalue weighted by molar-refractivity contribution is -0.131. The third-order valence-corrected chi connectivity index (χ3v) is 4.19. The largest absolute Gasteiger partial charge is 0.444 e. The number of rotatable bonds is 4. The average molecular weight is 371 g/mol. The fraction of sp³-hybridized carbons (Fsp3) is 0.263. The van der Waals surface area contributed by atoms with E-state index in [4.69, 9.17) is 4.74 Å². The maximum atomic E-state index is 13.3. The number of pyridine rings is 1. The van der Waals surface area contributed by atoms with Gasteiger partial charge in [0.2, 0.25) is 11.8 Å². The molecule has 1 aliphatic rings. The summed E-state index contributed by atoms with van der Waals surface area (Å²) in [7, 11) is 0. The fourth-order valence-corrected chi connectivity index (χ4v) is 2.77. The van der Waals surface area contributed by atoms with Crippen LogP contribution in [0.15, 0.2) is 42.5 Å². The third-order valence-electron chi connectivity index (χ3n) is 4.19. The van der Waals surface area contributed by atoms with E-state index >= 15 is 0 Å². The second-order valence-electron chi connectivity index (χ2n) is 6.11. The Hall–Kier alpha value is -3.29. The molecule has 2 heterocycles. The summed E-state index contributed by atoms with van der Waals surface area (Å²) in [6.45, 7) is 1.47. The van der Waals surface area contributed by atoms with Gasteiger partial charge in [0.1, 0.15) is 24.3 Å². The van der Waals surface area contributed by atoms with Gasteiger partial charge in [-0.3, -0.25) is 9.59 Å². The Morgan fingerprint density at radius 3 is 2.70 bits per heavy atom. The third kappa shape index (κ3) is 4.28. The number of aromatic nitrogens is 1. The van der Waals surface area contributed by atoms with Crippen LogP contribution in [0.4, 0.5) is 15.0 Å². The Bertz CT molecular complexity index is 873. The quantitative estimate of drug-likeness (QED) is 0.893. The summed E-state index contributed by atoms with van der Waals surface area (Å²) in [6.07, 6.45) is -0.621. The van der Waals surface area contributed by atoms with Crippen LogP contribution in [-0.2, 0) is 20.9 Å². The van der Waals surface area contributed by atoms with Crippen molar-refractivity contribution in [3.63, 3.8) is 0 Å². The van der Waals surface area contributed by atoms with E-state index in [1.807, 2.05) is 6.07 Å². The molecule has 1 aliphatic heterocycles. The number of carbonyl (C=O) groups is 3. The molecule has 8 heteroatoms. The predicted molar refractivity (Wildman–Crippen MR) is 94.1 cm³/mol. The molecule has 3 amide bonds. The van der Waals surface area contributed by atoms with Gasteiger partial charge in [-0.15, -0.1) is 0 Å². The Kier molecular flexibility index (Phi) is 5.44. The molecule has 1 aromatic carbocycles. The maximum absolute atomic E-state index is 13.3. The van der Waals surface area contributed by atoms with Gasteiger partial charge in [-0.05, 0) is 31.0 Å². The van der Waals surface area contributed by atoms with Gasteiger partial charge in [0.05, 0.1) is 5.69 Å². The summed E-state index contributed by atoms with van der Waals surface area (Å²) in [4.78, 5) is 41.7. The van der Waals surface area contributed by atoms with Crippen molar-refractivity contribution in [3.8, 4) is 0 Å². The molecule has 0 saturated carbocycles. The minimum absolute atomic E-state index is 0.00347. The van der Waals surface area contributed by atoms with Crippen molar-refractivity contribution in [3.05, 3.63) is 59.5 Å². The van der Waals surface area contributed by atoms with E-state index in [-0.39, 0.29) is 31.0 Å². The normalized spacial score (nSPS) is 16.3. The molecule has 1 aromatic heterocycles. The zero-order valence-corrected chi connectivity index (χ0v) is 14.6. The lowest BCUT2D eigenvalue weighted by Crippen LogP contribution is -2.45. The minimum Gasteiger partial charge on any atom is -0.444 e. The van der Waals surface area contributed by atoms with Crippen LogP contribution in [0.3, 0.4) is 0 Å². The number of nitrogens with zero attached hydrogens (tertiary/aromatic N) is 2. The number of imide groups is 1. The highest BCUT2D eigenvalue weighted by Gasteiger charge is 2.41. The molecule has 27 heavy (non-hydrogen) atoms. The van der Waals surface area contributed by atoms with E-state index in [9.17, 15) is 18.8 Å². The molecule has 0 bridgehead atoms. The van der Waals surface area contributed by atoms with Crippen molar-refractivity contribution in [2.75, 3.05) is 5.32 Å². The Balaban J connectivity index is 1.66. The monoisotopic (exact) mass is 371 g/mol. The lowest BCUT2D eigenvalue weighted by atomic mass is 10.2. The van der Waals surface area contributed by atoms with Gasteiger partial charge in [0.25, 0.3) is 0 Å². The number of halogens is 1. The minimum atomic E-state index is -0.993. The van der Waals surface area contributed by atoms with Crippen LogP contribution in [-0.4, -0.2) is 33.8 Å². The molecule has 1 N–H and O–H groups in total. The van der Waals surface area contributed by atoms with Gasteiger partial charge in [-0.2, -0.15) is 0 Å². The average Bonchev–Trinajstić information content (AvgIpc) is 3.05. The summed E-state index contributed by atoms with van der Waals surface area (Å²) in [5.41, 5.74) is 0.902. The molecular formula is C19H18FN3O4. The second kappa shape index (κ2) is 7.94. The van der Waals surface area contributed by atoms with Crippen LogP contribution in [0.1, 0.15) is 24.1 Å². The molecule has 0 spiro atoms. The van der Waals surface area contributed by atoms with Gasteiger partial charge in [-0.1, -0.05) is 30.3 Å². The van der Waals surface area contributed by atoms with Crippen LogP contribution in [0.5, 0.6) is 0 Å². The summed E-state index contributed by atoms with van der Waals surface area (Å²) in [5, 5.41) is 2.51. The van der Waals surface area contributed by atoms with Crippen molar-refractivity contribution in [2.24, 2.45) is 0 Å². The van der Waals surface area contributed by atoms with E-state index in [1.54, 1.807) is 24.3 Å². The number of amides is 3. The van der Waals surface area contributed by atoms with Crippen LogP contribution in [0, 0.1) is 12.7 Å². The summed E-state index contributed by atoms with van der Waals surface area (Å²) in [5.74, 6) is -1.39. The number of nitrogens with one attached hydrogen (secondary N) is 1. The zero-order chi connectivity index (χ0) is 19.4. The number of likely N-dealkylation sites (tertiary alicyclic amines) is 1. The molecule has 0 radical (unpaired) electrons. The molecule has 1 fully saturated rings. The van der Waals surface area contributed by atoms with E-state index in [0.29, 0.717) is 0 Å². The summed E-state index contributed by atoms with van der Waals surface area (Å²) in [6, 6.07) is 10.5. The van der Waals surface area contributed by atoms with E-state index in [1.165, 1.54) is 19.1 Å². The number of anilines is 1. The molecule has 7 nitrogen and oxygen atoms in total.